The first-order chi connectivity index (χ1) is 12.6. The maximum absolute atomic E-state index is 12.5. The molecule has 2 aliphatic rings. The van der Waals surface area contributed by atoms with Crippen molar-refractivity contribution in [3.63, 3.8) is 0 Å². The van der Waals surface area contributed by atoms with E-state index in [-0.39, 0.29) is 18.5 Å². The minimum atomic E-state index is -0.0767. The third kappa shape index (κ3) is 5.35. The molecule has 0 unspecified atom stereocenters. The van der Waals surface area contributed by atoms with Crippen LogP contribution < -0.4 is 5.32 Å². The highest BCUT2D eigenvalue weighted by molar-refractivity contribution is 6.30. The van der Waals surface area contributed by atoms with Crippen molar-refractivity contribution in [1.82, 2.24) is 20.0 Å². The lowest BCUT2D eigenvalue weighted by atomic mass is 10.2. The first kappa shape index (κ1) is 19.0. The average Bonchev–Trinajstić information content (AvgIpc) is 3.26. The molecule has 142 valence electrons. The summed E-state index contributed by atoms with van der Waals surface area (Å²) in [5.41, 5.74) is 1.04. The Hall–Kier alpha value is -1.79. The number of benzene rings is 1. The van der Waals surface area contributed by atoms with Crippen molar-refractivity contribution in [2.45, 2.75) is 25.8 Å². The molecule has 6 nitrogen and oxygen atoms in total. The van der Waals surface area contributed by atoms with E-state index in [1.807, 2.05) is 24.3 Å². The predicted molar refractivity (Wildman–Crippen MR) is 102 cm³/mol. The molecule has 1 N–H and O–H groups in total. The van der Waals surface area contributed by atoms with Crippen LogP contribution in [0.15, 0.2) is 24.3 Å². The fourth-order valence-electron chi connectivity index (χ4n) is 3.50. The molecule has 7 heteroatoms. The van der Waals surface area contributed by atoms with Crippen LogP contribution in [-0.4, -0.2) is 72.5 Å². The van der Waals surface area contributed by atoms with Crippen LogP contribution in [0.2, 0.25) is 5.02 Å². The smallest absolute Gasteiger partial charge is 0.320 e. The molecular formula is C19H27ClN4O2. The fourth-order valence-corrected chi connectivity index (χ4v) is 3.63. The zero-order valence-electron chi connectivity index (χ0n) is 15.1. The summed E-state index contributed by atoms with van der Waals surface area (Å²) in [6, 6.07) is 7.42. The number of hydrogen-bond acceptors (Lipinski definition) is 3. The molecule has 0 saturated carbocycles. The first-order valence-electron chi connectivity index (χ1n) is 9.39. The van der Waals surface area contributed by atoms with Gasteiger partial charge < -0.3 is 20.0 Å². The van der Waals surface area contributed by atoms with Crippen molar-refractivity contribution in [2.75, 3.05) is 45.8 Å². The van der Waals surface area contributed by atoms with E-state index in [0.717, 1.165) is 18.5 Å². The number of carbonyl (C=O) groups is 2. The Morgan fingerprint density at radius 3 is 2.46 bits per heavy atom. The Morgan fingerprint density at radius 1 is 1.04 bits per heavy atom. The van der Waals surface area contributed by atoms with Crippen LogP contribution in [0.4, 0.5) is 4.79 Å². The summed E-state index contributed by atoms with van der Waals surface area (Å²) >= 11 is 5.89. The van der Waals surface area contributed by atoms with Crippen molar-refractivity contribution < 1.29 is 9.59 Å². The van der Waals surface area contributed by atoms with Gasteiger partial charge in [0.05, 0.1) is 0 Å². The second kappa shape index (κ2) is 9.24. The van der Waals surface area contributed by atoms with Crippen LogP contribution in [0, 0.1) is 0 Å². The monoisotopic (exact) mass is 378 g/mol. The third-order valence-electron chi connectivity index (χ3n) is 4.97. The molecule has 1 aromatic rings. The number of amides is 3. The molecule has 2 fully saturated rings. The average molecular weight is 379 g/mol. The van der Waals surface area contributed by atoms with Gasteiger partial charge in [-0.15, -0.1) is 0 Å². The molecule has 0 bridgehead atoms. The van der Waals surface area contributed by atoms with Crippen LogP contribution in [0.1, 0.15) is 24.8 Å². The van der Waals surface area contributed by atoms with Crippen LogP contribution in [-0.2, 0) is 11.3 Å². The topological polar surface area (TPSA) is 55.9 Å². The Bertz CT molecular complexity index is 616. The van der Waals surface area contributed by atoms with E-state index in [4.69, 9.17) is 11.6 Å². The van der Waals surface area contributed by atoms with Gasteiger partial charge in [0.1, 0.15) is 6.54 Å². The van der Waals surface area contributed by atoms with Crippen molar-refractivity contribution in [2.24, 2.45) is 0 Å². The third-order valence-corrected chi connectivity index (χ3v) is 5.23. The van der Waals surface area contributed by atoms with Crippen molar-refractivity contribution >= 4 is 23.5 Å². The highest BCUT2D eigenvalue weighted by Gasteiger charge is 2.29. The summed E-state index contributed by atoms with van der Waals surface area (Å²) < 4.78 is 0. The summed E-state index contributed by atoms with van der Waals surface area (Å²) in [4.78, 5) is 30.4. The standard InChI is InChI=1S/C19H27ClN4O2/c20-17-6-4-16(5-7-17)14-23-12-13-24(19(23)26)15-18(25)21-8-3-11-22-9-1-2-10-22/h4-7H,1-3,8-15H2,(H,21,25). The maximum Gasteiger partial charge on any atom is 0.320 e. The lowest BCUT2D eigenvalue weighted by Crippen LogP contribution is -2.40. The summed E-state index contributed by atoms with van der Waals surface area (Å²) in [6.07, 6.45) is 3.54. The summed E-state index contributed by atoms with van der Waals surface area (Å²) in [7, 11) is 0. The van der Waals surface area contributed by atoms with Gasteiger partial charge in [0.15, 0.2) is 0 Å². The Labute approximate surface area is 160 Å². The molecule has 0 atom stereocenters. The van der Waals surface area contributed by atoms with E-state index in [2.05, 4.69) is 10.2 Å². The van der Waals surface area contributed by atoms with E-state index in [0.29, 0.717) is 31.2 Å². The molecule has 0 aromatic heterocycles. The Kier molecular flexibility index (Phi) is 6.74. The molecule has 3 amide bonds. The van der Waals surface area contributed by atoms with E-state index in [1.54, 1.807) is 9.80 Å². The van der Waals surface area contributed by atoms with E-state index < -0.39 is 0 Å². The molecular weight excluding hydrogens is 352 g/mol. The lowest BCUT2D eigenvalue weighted by molar-refractivity contribution is -0.121. The molecule has 26 heavy (non-hydrogen) atoms. The molecule has 0 aliphatic carbocycles. The molecule has 1 aromatic carbocycles. The molecule has 2 aliphatic heterocycles. The zero-order valence-corrected chi connectivity index (χ0v) is 15.9. The van der Waals surface area contributed by atoms with E-state index >= 15 is 0 Å². The Balaban J connectivity index is 1.36. The highest BCUT2D eigenvalue weighted by Crippen LogP contribution is 2.15. The van der Waals surface area contributed by atoms with Crippen LogP contribution >= 0.6 is 11.6 Å². The zero-order chi connectivity index (χ0) is 18.4. The van der Waals surface area contributed by atoms with Gasteiger partial charge in [-0.05, 0) is 56.6 Å². The molecule has 3 rings (SSSR count). The van der Waals surface area contributed by atoms with Gasteiger partial charge in [-0.3, -0.25) is 4.79 Å². The van der Waals surface area contributed by atoms with Crippen molar-refractivity contribution in [1.29, 1.82) is 0 Å². The quantitative estimate of drug-likeness (QED) is 0.705. The Morgan fingerprint density at radius 2 is 1.73 bits per heavy atom. The second-order valence-corrected chi connectivity index (χ2v) is 7.44. The normalized spacial score (nSPS) is 18.0. The van der Waals surface area contributed by atoms with Crippen LogP contribution in [0.25, 0.3) is 0 Å². The number of carbonyl (C=O) groups excluding carboxylic acids is 2. The number of halogens is 1. The SMILES string of the molecule is O=C(CN1CCN(Cc2ccc(Cl)cc2)C1=O)NCCCN1CCCC1. The highest BCUT2D eigenvalue weighted by atomic mass is 35.5. The van der Waals surface area contributed by atoms with Crippen LogP contribution in [0.3, 0.4) is 0 Å². The van der Waals surface area contributed by atoms with Gasteiger partial charge in [0, 0.05) is 31.2 Å². The van der Waals surface area contributed by atoms with Crippen molar-refractivity contribution in [3.8, 4) is 0 Å². The number of likely N-dealkylation sites (tertiary alicyclic amines) is 1. The molecule has 2 heterocycles. The minimum absolute atomic E-state index is 0.0758. The van der Waals surface area contributed by atoms with Crippen molar-refractivity contribution in [3.05, 3.63) is 34.9 Å². The minimum Gasteiger partial charge on any atom is -0.355 e. The lowest BCUT2D eigenvalue weighted by Gasteiger charge is -2.19. The summed E-state index contributed by atoms with van der Waals surface area (Å²) in [6.45, 7) is 5.99. The number of hydrogen-bond donors (Lipinski definition) is 1. The molecule has 2 saturated heterocycles. The number of urea groups is 1. The summed E-state index contributed by atoms with van der Waals surface area (Å²) in [5, 5.41) is 3.62. The number of nitrogens with one attached hydrogen (secondary N) is 1. The van der Waals surface area contributed by atoms with E-state index in [9.17, 15) is 9.59 Å². The predicted octanol–water partition coefficient (Wildman–Crippen LogP) is 2.18. The van der Waals surface area contributed by atoms with Gasteiger partial charge in [-0.2, -0.15) is 0 Å². The number of nitrogens with zero attached hydrogens (tertiary/aromatic N) is 3. The number of rotatable bonds is 8. The molecule has 0 radical (unpaired) electrons. The maximum atomic E-state index is 12.5. The van der Waals surface area contributed by atoms with Gasteiger partial charge in [0.2, 0.25) is 5.91 Å². The second-order valence-electron chi connectivity index (χ2n) is 7.00. The first-order valence-corrected chi connectivity index (χ1v) is 9.77. The van der Waals surface area contributed by atoms with Gasteiger partial charge >= 0.3 is 6.03 Å². The van der Waals surface area contributed by atoms with E-state index in [1.165, 1.54) is 25.9 Å². The van der Waals surface area contributed by atoms with Gasteiger partial charge in [-0.1, -0.05) is 23.7 Å². The molecule has 0 spiro atoms. The fraction of sp³-hybridized carbons (Fsp3) is 0.579. The van der Waals surface area contributed by atoms with Crippen LogP contribution in [0.5, 0.6) is 0 Å². The van der Waals surface area contributed by atoms with Gasteiger partial charge in [0.25, 0.3) is 0 Å². The summed E-state index contributed by atoms with van der Waals surface area (Å²) in [5.74, 6) is -0.0758. The van der Waals surface area contributed by atoms with Gasteiger partial charge in [-0.25, -0.2) is 4.79 Å². The largest absolute Gasteiger partial charge is 0.355 e.